The summed E-state index contributed by atoms with van der Waals surface area (Å²) in [5, 5.41) is 0. The third-order valence-electron chi connectivity index (χ3n) is 3.88. The van der Waals surface area contributed by atoms with Crippen LogP contribution in [0.1, 0.15) is 29.9 Å². The van der Waals surface area contributed by atoms with Crippen LogP contribution in [0.5, 0.6) is 11.5 Å². The van der Waals surface area contributed by atoms with Crippen molar-refractivity contribution in [3.05, 3.63) is 47.5 Å². The highest BCUT2D eigenvalue weighted by molar-refractivity contribution is 5.70. The van der Waals surface area contributed by atoms with Crippen LogP contribution in [0.15, 0.2) is 36.4 Å². The lowest BCUT2D eigenvalue weighted by molar-refractivity contribution is 0.352. The molecule has 0 N–H and O–H groups in total. The molecule has 3 rings (SSSR count). The summed E-state index contributed by atoms with van der Waals surface area (Å²) in [5.74, 6) is 2.35. The Morgan fingerprint density at radius 1 is 0.950 bits per heavy atom. The zero-order valence-corrected chi connectivity index (χ0v) is 12.3. The molecule has 0 unspecified atom stereocenters. The van der Waals surface area contributed by atoms with E-state index in [2.05, 4.69) is 43.3 Å². The molecule has 2 aromatic carbocycles. The second-order valence-corrected chi connectivity index (χ2v) is 5.44. The van der Waals surface area contributed by atoms with Crippen LogP contribution >= 0.6 is 0 Å². The summed E-state index contributed by atoms with van der Waals surface area (Å²) in [6.07, 6.45) is 2.49. The summed E-state index contributed by atoms with van der Waals surface area (Å²) >= 11 is 0. The standard InChI is InChI=1S/C18H20O2/c1-12-5-4-6-14(9-12)15-10-16(13-7-8-13)18(20-3)17(11-15)19-2/h4-6,9-11,13H,7-8H2,1-3H3. The lowest BCUT2D eigenvalue weighted by atomic mass is 9.98. The highest BCUT2D eigenvalue weighted by atomic mass is 16.5. The van der Waals surface area contributed by atoms with Gasteiger partial charge in [-0.05, 0) is 48.9 Å². The van der Waals surface area contributed by atoms with Crippen molar-refractivity contribution in [3.8, 4) is 22.6 Å². The predicted molar refractivity (Wildman–Crippen MR) is 81.7 cm³/mol. The minimum atomic E-state index is 0.628. The molecule has 2 nitrogen and oxygen atoms in total. The van der Waals surface area contributed by atoms with E-state index >= 15 is 0 Å². The molecule has 0 aromatic heterocycles. The number of methoxy groups -OCH3 is 2. The molecule has 0 atom stereocenters. The summed E-state index contributed by atoms with van der Waals surface area (Å²) in [6.45, 7) is 2.12. The fourth-order valence-corrected chi connectivity index (χ4v) is 2.68. The van der Waals surface area contributed by atoms with E-state index in [1.165, 1.54) is 35.1 Å². The van der Waals surface area contributed by atoms with Crippen molar-refractivity contribution in [1.82, 2.24) is 0 Å². The zero-order chi connectivity index (χ0) is 14.1. The van der Waals surface area contributed by atoms with Crippen LogP contribution in [-0.2, 0) is 0 Å². The quantitative estimate of drug-likeness (QED) is 0.809. The molecular weight excluding hydrogens is 248 g/mol. The second-order valence-electron chi connectivity index (χ2n) is 5.44. The fraction of sp³-hybridized carbons (Fsp3) is 0.333. The Balaban J connectivity index is 2.14. The van der Waals surface area contributed by atoms with Crippen molar-refractivity contribution in [2.75, 3.05) is 14.2 Å². The average molecular weight is 268 g/mol. The largest absolute Gasteiger partial charge is 0.493 e. The SMILES string of the molecule is COc1cc(-c2cccc(C)c2)cc(C2CC2)c1OC. The number of benzene rings is 2. The molecule has 1 saturated carbocycles. The number of ether oxygens (including phenoxy) is 2. The zero-order valence-electron chi connectivity index (χ0n) is 12.3. The van der Waals surface area contributed by atoms with Gasteiger partial charge in [-0.15, -0.1) is 0 Å². The van der Waals surface area contributed by atoms with Gasteiger partial charge in [-0.3, -0.25) is 0 Å². The van der Waals surface area contributed by atoms with Gasteiger partial charge in [0, 0.05) is 5.56 Å². The Labute approximate surface area is 120 Å². The van der Waals surface area contributed by atoms with Gasteiger partial charge in [-0.1, -0.05) is 29.8 Å². The van der Waals surface area contributed by atoms with Gasteiger partial charge in [-0.25, -0.2) is 0 Å². The van der Waals surface area contributed by atoms with E-state index in [0.717, 1.165) is 11.5 Å². The minimum absolute atomic E-state index is 0.628. The van der Waals surface area contributed by atoms with E-state index in [1.807, 2.05) is 0 Å². The van der Waals surface area contributed by atoms with Crippen LogP contribution in [0.2, 0.25) is 0 Å². The molecule has 0 radical (unpaired) electrons. The third-order valence-corrected chi connectivity index (χ3v) is 3.88. The lowest BCUT2D eigenvalue weighted by Crippen LogP contribution is -1.96. The molecule has 0 amide bonds. The fourth-order valence-electron chi connectivity index (χ4n) is 2.68. The van der Waals surface area contributed by atoms with E-state index in [4.69, 9.17) is 9.47 Å². The van der Waals surface area contributed by atoms with Crippen LogP contribution in [0.4, 0.5) is 0 Å². The van der Waals surface area contributed by atoms with Crippen molar-refractivity contribution in [2.45, 2.75) is 25.7 Å². The molecule has 0 aliphatic heterocycles. The van der Waals surface area contributed by atoms with Crippen molar-refractivity contribution in [1.29, 1.82) is 0 Å². The Morgan fingerprint density at radius 3 is 2.35 bits per heavy atom. The molecule has 0 heterocycles. The van der Waals surface area contributed by atoms with Gasteiger partial charge in [0.15, 0.2) is 11.5 Å². The number of rotatable bonds is 4. The maximum Gasteiger partial charge on any atom is 0.164 e. The first kappa shape index (κ1) is 13.0. The summed E-state index contributed by atoms with van der Waals surface area (Å²) < 4.78 is 11.1. The number of aryl methyl sites for hydroxylation is 1. The maximum absolute atomic E-state index is 5.56. The van der Waals surface area contributed by atoms with Gasteiger partial charge in [0.2, 0.25) is 0 Å². The lowest BCUT2D eigenvalue weighted by Gasteiger charge is -2.15. The average Bonchev–Trinajstić information content (AvgIpc) is 3.30. The van der Waals surface area contributed by atoms with Crippen molar-refractivity contribution in [2.24, 2.45) is 0 Å². The van der Waals surface area contributed by atoms with Crippen molar-refractivity contribution in [3.63, 3.8) is 0 Å². The van der Waals surface area contributed by atoms with Gasteiger partial charge in [0.25, 0.3) is 0 Å². The van der Waals surface area contributed by atoms with Gasteiger partial charge in [0.1, 0.15) is 0 Å². The Bertz CT molecular complexity index is 627. The molecule has 1 aliphatic carbocycles. The highest BCUT2D eigenvalue weighted by Crippen LogP contribution is 2.49. The Hall–Kier alpha value is -1.96. The maximum atomic E-state index is 5.56. The van der Waals surface area contributed by atoms with E-state index < -0.39 is 0 Å². The normalized spacial score (nSPS) is 14.2. The first-order valence-electron chi connectivity index (χ1n) is 7.06. The third kappa shape index (κ3) is 2.38. The van der Waals surface area contributed by atoms with Gasteiger partial charge in [-0.2, -0.15) is 0 Å². The summed E-state index contributed by atoms with van der Waals surface area (Å²) in [6, 6.07) is 12.9. The molecule has 1 aliphatic rings. The van der Waals surface area contributed by atoms with Crippen LogP contribution in [-0.4, -0.2) is 14.2 Å². The van der Waals surface area contributed by atoms with E-state index in [1.54, 1.807) is 14.2 Å². The Kier molecular flexibility index (Phi) is 3.39. The van der Waals surface area contributed by atoms with E-state index in [9.17, 15) is 0 Å². The van der Waals surface area contributed by atoms with Gasteiger partial charge in [0.05, 0.1) is 14.2 Å². The van der Waals surface area contributed by atoms with Crippen LogP contribution in [0.3, 0.4) is 0 Å². The monoisotopic (exact) mass is 268 g/mol. The first-order valence-corrected chi connectivity index (χ1v) is 7.06. The molecule has 2 aromatic rings. The van der Waals surface area contributed by atoms with Crippen molar-refractivity contribution < 1.29 is 9.47 Å². The van der Waals surface area contributed by atoms with Crippen LogP contribution < -0.4 is 9.47 Å². The van der Waals surface area contributed by atoms with Gasteiger partial charge >= 0.3 is 0 Å². The first-order chi connectivity index (χ1) is 9.72. The molecule has 0 bridgehead atoms. The summed E-state index contributed by atoms with van der Waals surface area (Å²) in [5.41, 5.74) is 4.98. The second kappa shape index (κ2) is 5.20. The molecule has 1 fully saturated rings. The van der Waals surface area contributed by atoms with Crippen LogP contribution in [0.25, 0.3) is 11.1 Å². The molecule has 2 heteroatoms. The number of hydrogen-bond acceptors (Lipinski definition) is 2. The number of hydrogen-bond donors (Lipinski definition) is 0. The molecular formula is C18H20O2. The van der Waals surface area contributed by atoms with E-state index in [-0.39, 0.29) is 0 Å². The van der Waals surface area contributed by atoms with E-state index in [0.29, 0.717) is 5.92 Å². The van der Waals surface area contributed by atoms with Gasteiger partial charge < -0.3 is 9.47 Å². The Morgan fingerprint density at radius 2 is 1.75 bits per heavy atom. The van der Waals surface area contributed by atoms with Crippen molar-refractivity contribution >= 4 is 0 Å². The molecule has 0 saturated heterocycles. The molecule has 104 valence electrons. The minimum Gasteiger partial charge on any atom is -0.493 e. The van der Waals surface area contributed by atoms with Crippen LogP contribution in [0, 0.1) is 6.92 Å². The predicted octanol–water partition coefficient (Wildman–Crippen LogP) is 4.56. The highest BCUT2D eigenvalue weighted by Gasteiger charge is 2.29. The summed E-state index contributed by atoms with van der Waals surface area (Å²) in [7, 11) is 3.42. The molecule has 0 spiro atoms. The summed E-state index contributed by atoms with van der Waals surface area (Å²) in [4.78, 5) is 0. The molecule has 20 heavy (non-hydrogen) atoms. The smallest absolute Gasteiger partial charge is 0.164 e. The topological polar surface area (TPSA) is 18.5 Å².